The molecule has 12 heteroatoms. The number of esters is 1. The standard InChI is InChI=1S/C21H13Cl2N3O7/c1-11-18(25(29)30)8-13(9-19(11)26(31)32)21(28)33-15-5-2-12(3-6-15)20(27)24-17-10-14(22)4-7-16(17)23/h2-10H,1H3,(H,24,27). The van der Waals surface area contributed by atoms with Gasteiger partial charge in [0.25, 0.3) is 17.3 Å². The van der Waals surface area contributed by atoms with E-state index in [9.17, 15) is 29.8 Å². The van der Waals surface area contributed by atoms with E-state index in [4.69, 9.17) is 27.9 Å². The van der Waals surface area contributed by atoms with Gasteiger partial charge in [-0.3, -0.25) is 25.0 Å². The van der Waals surface area contributed by atoms with Gasteiger partial charge in [0.05, 0.1) is 26.1 Å². The van der Waals surface area contributed by atoms with Crippen molar-refractivity contribution in [1.29, 1.82) is 0 Å². The van der Waals surface area contributed by atoms with Crippen LogP contribution in [0.15, 0.2) is 54.6 Å². The average molecular weight is 490 g/mol. The lowest BCUT2D eigenvalue weighted by Gasteiger charge is -2.09. The fourth-order valence-corrected chi connectivity index (χ4v) is 3.15. The number of nitro benzene ring substituents is 2. The lowest BCUT2D eigenvalue weighted by Crippen LogP contribution is -2.13. The van der Waals surface area contributed by atoms with Crippen LogP contribution in [0.5, 0.6) is 5.75 Å². The van der Waals surface area contributed by atoms with Crippen LogP contribution in [0.4, 0.5) is 17.1 Å². The van der Waals surface area contributed by atoms with E-state index in [0.29, 0.717) is 15.7 Å². The highest BCUT2D eigenvalue weighted by atomic mass is 35.5. The Morgan fingerprint density at radius 1 is 0.879 bits per heavy atom. The minimum Gasteiger partial charge on any atom is -0.423 e. The maximum atomic E-state index is 12.4. The molecule has 0 heterocycles. The summed E-state index contributed by atoms with van der Waals surface area (Å²) in [7, 11) is 0. The number of anilines is 1. The van der Waals surface area contributed by atoms with Gasteiger partial charge in [-0.05, 0) is 49.4 Å². The van der Waals surface area contributed by atoms with Gasteiger partial charge in [-0.2, -0.15) is 0 Å². The maximum Gasteiger partial charge on any atom is 0.344 e. The molecule has 0 bridgehead atoms. The van der Waals surface area contributed by atoms with Crippen LogP contribution >= 0.6 is 23.2 Å². The molecule has 3 rings (SSSR count). The van der Waals surface area contributed by atoms with Gasteiger partial charge >= 0.3 is 5.97 Å². The van der Waals surface area contributed by atoms with Crippen LogP contribution < -0.4 is 10.1 Å². The molecule has 0 atom stereocenters. The second-order valence-electron chi connectivity index (χ2n) is 6.65. The van der Waals surface area contributed by atoms with E-state index in [1.807, 2.05) is 0 Å². The predicted molar refractivity (Wildman–Crippen MR) is 120 cm³/mol. The molecule has 0 saturated carbocycles. The highest BCUT2D eigenvalue weighted by Gasteiger charge is 2.26. The zero-order chi connectivity index (χ0) is 24.3. The predicted octanol–water partition coefficient (Wildman–Crippen LogP) is 5.59. The van der Waals surface area contributed by atoms with Crippen LogP contribution in [-0.4, -0.2) is 21.7 Å². The molecule has 3 aromatic carbocycles. The van der Waals surface area contributed by atoms with Crippen molar-refractivity contribution in [2.24, 2.45) is 0 Å². The Morgan fingerprint density at radius 2 is 1.45 bits per heavy atom. The third-order valence-electron chi connectivity index (χ3n) is 4.49. The van der Waals surface area contributed by atoms with Crippen molar-refractivity contribution in [3.05, 3.63) is 102 Å². The highest BCUT2D eigenvalue weighted by molar-refractivity contribution is 6.35. The van der Waals surface area contributed by atoms with Gasteiger partial charge in [0, 0.05) is 22.7 Å². The van der Waals surface area contributed by atoms with Gasteiger partial charge in [0.15, 0.2) is 0 Å². The number of amides is 1. The van der Waals surface area contributed by atoms with Gasteiger partial charge in [-0.1, -0.05) is 23.2 Å². The van der Waals surface area contributed by atoms with Crippen LogP contribution in [0.1, 0.15) is 26.3 Å². The Balaban J connectivity index is 1.78. The maximum absolute atomic E-state index is 12.4. The minimum absolute atomic E-state index is 0.0169. The smallest absolute Gasteiger partial charge is 0.344 e. The lowest BCUT2D eigenvalue weighted by atomic mass is 10.1. The first-order valence-corrected chi connectivity index (χ1v) is 9.84. The molecule has 0 radical (unpaired) electrons. The topological polar surface area (TPSA) is 142 Å². The third-order valence-corrected chi connectivity index (χ3v) is 5.05. The fourth-order valence-electron chi connectivity index (χ4n) is 2.81. The zero-order valence-corrected chi connectivity index (χ0v) is 18.2. The average Bonchev–Trinajstić information content (AvgIpc) is 2.76. The summed E-state index contributed by atoms with van der Waals surface area (Å²) in [6, 6.07) is 11.8. The summed E-state index contributed by atoms with van der Waals surface area (Å²) >= 11 is 11.9. The molecule has 0 saturated heterocycles. The molecule has 168 valence electrons. The number of carbonyl (C=O) groups excluding carboxylic acids is 2. The minimum atomic E-state index is -1.04. The quantitative estimate of drug-likeness (QED) is 0.205. The first-order chi connectivity index (χ1) is 15.6. The first-order valence-electron chi connectivity index (χ1n) is 9.09. The largest absolute Gasteiger partial charge is 0.423 e. The number of halogens is 2. The van der Waals surface area contributed by atoms with E-state index in [-0.39, 0.29) is 22.4 Å². The number of carbonyl (C=O) groups is 2. The molecule has 0 aromatic heterocycles. The number of hydrogen-bond acceptors (Lipinski definition) is 7. The molecule has 1 N–H and O–H groups in total. The molecule has 33 heavy (non-hydrogen) atoms. The second kappa shape index (κ2) is 9.63. The summed E-state index contributed by atoms with van der Waals surface area (Å²) in [5.74, 6) is -1.52. The van der Waals surface area contributed by atoms with Crippen molar-refractivity contribution >= 4 is 52.1 Å². The molecule has 0 aliphatic rings. The number of rotatable bonds is 6. The lowest BCUT2D eigenvalue weighted by molar-refractivity contribution is -0.395. The molecular weight excluding hydrogens is 477 g/mol. The van der Waals surface area contributed by atoms with Gasteiger partial charge in [-0.15, -0.1) is 0 Å². The molecule has 3 aromatic rings. The first kappa shape index (κ1) is 23.6. The summed E-state index contributed by atoms with van der Waals surface area (Å²) in [5, 5.41) is 25.6. The number of nitrogens with zero attached hydrogens (tertiary/aromatic N) is 2. The number of nitrogens with one attached hydrogen (secondary N) is 1. The Labute approximate surface area is 196 Å². The van der Waals surface area contributed by atoms with Crippen LogP contribution in [0, 0.1) is 27.2 Å². The van der Waals surface area contributed by atoms with Crippen molar-refractivity contribution in [3.63, 3.8) is 0 Å². The van der Waals surface area contributed by atoms with Crippen molar-refractivity contribution in [1.82, 2.24) is 0 Å². The summed E-state index contributed by atoms with van der Waals surface area (Å²) < 4.78 is 5.14. The number of nitro groups is 2. The van der Waals surface area contributed by atoms with E-state index < -0.39 is 33.1 Å². The SMILES string of the molecule is Cc1c([N+](=O)[O-])cc(C(=O)Oc2ccc(C(=O)Nc3cc(Cl)ccc3Cl)cc2)cc1[N+](=O)[O-]. The third kappa shape index (κ3) is 5.43. The highest BCUT2D eigenvalue weighted by Crippen LogP contribution is 2.30. The molecular formula is C21H13Cl2N3O7. The van der Waals surface area contributed by atoms with E-state index >= 15 is 0 Å². The van der Waals surface area contributed by atoms with Crippen molar-refractivity contribution in [2.75, 3.05) is 5.32 Å². The molecule has 10 nitrogen and oxygen atoms in total. The van der Waals surface area contributed by atoms with Gasteiger partial charge < -0.3 is 10.1 Å². The number of ether oxygens (including phenoxy) is 1. The second-order valence-corrected chi connectivity index (χ2v) is 7.49. The monoisotopic (exact) mass is 489 g/mol. The summed E-state index contributed by atoms with van der Waals surface area (Å²) in [6.45, 7) is 1.21. The Morgan fingerprint density at radius 3 is 2.00 bits per heavy atom. The molecule has 0 fully saturated rings. The van der Waals surface area contributed by atoms with Crippen LogP contribution in [-0.2, 0) is 0 Å². The van der Waals surface area contributed by atoms with Crippen LogP contribution in [0.3, 0.4) is 0 Å². The van der Waals surface area contributed by atoms with Crippen molar-refractivity contribution in [3.8, 4) is 5.75 Å². The molecule has 0 aliphatic carbocycles. The van der Waals surface area contributed by atoms with E-state index in [0.717, 1.165) is 12.1 Å². The summed E-state index contributed by atoms with van der Waals surface area (Å²) in [6.07, 6.45) is 0. The zero-order valence-electron chi connectivity index (χ0n) is 16.7. The molecule has 1 amide bonds. The molecule has 0 unspecified atom stereocenters. The summed E-state index contributed by atoms with van der Waals surface area (Å²) in [5.41, 5.74) is -1.18. The van der Waals surface area contributed by atoms with E-state index in [1.165, 1.54) is 43.3 Å². The van der Waals surface area contributed by atoms with Gasteiger partial charge in [0.2, 0.25) is 0 Å². The van der Waals surface area contributed by atoms with Crippen molar-refractivity contribution < 1.29 is 24.2 Å². The molecule has 0 spiro atoms. The molecule has 0 aliphatic heterocycles. The van der Waals surface area contributed by atoms with Gasteiger partial charge in [-0.25, -0.2) is 4.79 Å². The van der Waals surface area contributed by atoms with Crippen LogP contribution in [0.25, 0.3) is 0 Å². The van der Waals surface area contributed by atoms with Gasteiger partial charge in [0.1, 0.15) is 11.3 Å². The van der Waals surface area contributed by atoms with Crippen LogP contribution in [0.2, 0.25) is 10.0 Å². The Kier molecular flexibility index (Phi) is 6.90. The number of hydrogen-bond donors (Lipinski definition) is 1. The normalized spacial score (nSPS) is 10.4. The van der Waals surface area contributed by atoms with E-state index in [2.05, 4.69) is 5.32 Å². The Hall–Kier alpha value is -4.02. The fraction of sp³-hybridized carbons (Fsp3) is 0.0476. The Bertz CT molecular complexity index is 1260. The van der Waals surface area contributed by atoms with E-state index in [1.54, 1.807) is 6.07 Å². The van der Waals surface area contributed by atoms with Crippen molar-refractivity contribution in [2.45, 2.75) is 6.92 Å². The summed E-state index contributed by atoms with van der Waals surface area (Å²) in [4.78, 5) is 45.6. The number of benzene rings is 3.